The summed E-state index contributed by atoms with van der Waals surface area (Å²) in [6.07, 6.45) is 5.75. The Balaban J connectivity index is 2.02. The lowest BCUT2D eigenvalue weighted by atomic mass is 9.84. The summed E-state index contributed by atoms with van der Waals surface area (Å²) in [7, 11) is 0. The smallest absolute Gasteiger partial charge is 0.255 e. The molecule has 0 radical (unpaired) electrons. The van der Waals surface area contributed by atoms with Crippen LogP contribution in [0.5, 0.6) is 5.75 Å². The van der Waals surface area contributed by atoms with Crippen LogP contribution in [0.4, 0.5) is 0 Å². The lowest BCUT2D eigenvalue weighted by molar-refractivity contribution is 0.0916. The van der Waals surface area contributed by atoms with Gasteiger partial charge in [0, 0.05) is 9.61 Å². The number of hydrogen-bond acceptors (Lipinski definition) is 2. The van der Waals surface area contributed by atoms with Crippen molar-refractivity contribution in [2.24, 2.45) is 5.92 Å². The minimum Gasteiger partial charge on any atom is -0.507 e. The van der Waals surface area contributed by atoms with Gasteiger partial charge >= 0.3 is 0 Å². The topological polar surface area (TPSA) is 49.3 Å². The maximum absolute atomic E-state index is 12.2. The number of nitrogens with one attached hydrogen (secondary N) is 1. The molecule has 0 heterocycles. The molecule has 0 aromatic heterocycles. The molecule has 2 atom stereocenters. The van der Waals surface area contributed by atoms with E-state index in [1.807, 2.05) is 0 Å². The minimum atomic E-state index is -0.155. The van der Waals surface area contributed by atoms with Crippen molar-refractivity contribution in [3.05, 3.63) is 27.3 Å². The number of aromatic hydroxyl groups is 1. The molecular formula is C15H20INO2. The molecule has 0 bridgehead atoms. The first-order valence-corrected chi connectivity index (χ1v) is 7.97. The van der Waals surface area contributed by atoms with Gasteiger partial charge in [0.1, 0.15) is 5.75 Å². The largest absolute Gasteiger partial charge is 0.507 e. The fourth-order valence-electron chi connectivity index (χ4n) is 2.75. The molecule has 1 amide bonds. The quantitative estimate of drug-likeness (QED) is 0.794. The van der Waals surface area contributed by atoms with Gasteiger partial charge in [-0.2, -0.15) is 0 Å². The maximum Gasteiger partial charge on any atom is 0.255 e. The zero-order valence-electron chi connectivity index (χ0n) is 11.2. The molecule has 1 aliphatic rings. The molecule has 0 aliphatic heterocycles. The molecule has 104 valence electrons. The Bertz CT molecular complexity index is 461. The molecule has 4 heteroatoms. The summed E-state index contributed by atoms with van der Waals surface area (Å²) in [4.78, 5) is 12.2. The average molecular weight is 373 g/mol. The molecule has 3 nitrogen and oxygen atoms in total. The highest BCUT2D eigenvalue weighted by Crippen LogP contribution is 2.27. The second-order valence-electron chi connectivity index (χ2n) is 5.27. The number of carbonyl (C=O) groups is 1. The van der Waals surface area contributed by atoms with Gasteiger partial charge in [-0.15, -0.1) is 0 Å². The highest BCUT2D eigenvalue weighted by Gasteiger charge is 2.23. The van der Waals surface area contributed by atoms with Crippen molar-refractivity contribution in [1.29, 1.82) is 0 Å². The van der Waals surface area contributed by atoms with E-state index < -0.39 is 0 Å². The Morgan fingerprint density at radius 1 is 1.47 bits per heavy atom. The fourth-order valence-corrected chi connectivity index (χ4v) is 3.24. The second-order valence-corrected chi connectivity index (χ2v) is 6.52. The van der Waals surface area contributed by atoms with Gasteiger partial charge < -0.3 is 10.4 Å². The van der Waals surface area contributed by atoms with Gasteiger partial charge in [0.25, 0.3) is 5.91 Å². The number of benzene rings is 1. The van der Waals surface area contributed by atoms with E-state index in [0.717, 1.165) is 22.3 Å². The molecular weight excluding hydrogens is 353 g/mol. The Morgan fingerprint density at radius 2 is 2.26 bits per heavy atom. The lowest BCUT2D eigenvalue weighted by Gasteiger charge is -2.29. The minimum absolute atomic E-state index is 0.0563. The third kappa shape index (κ3) is 3.84. The SMILES string of the molecule is CCC1CCCC(NC(=O)c2cc(I)ccc2O)C1. The molecule has 19 heavy (non-hydrogen) atoms. The van der Waals surface area contributed by atoms with Crippen molar-refractivity contribution in [3.8, 4) is 5.75 Å². The second kappa shape index (κ2) is 6.59. The zero-order chi connectivity index (χ0) is 13.8. The number of rotatable bonds is 3. The van der Waals surface area contributed by atoms with E-state index in [1.165, 1.54) is 19.3 Å². The zero-order valence-corrected chi connectivity index (χ0v) is 13.3. The Morgan fingerprint density at radius 3 is 3.00 bits per heavy atom. The Hall–Kier alpha value is -0.780. The van der Waals surface area contributed by atoms with Gasteiger partial charge in [-0.1, -0.05) is 26.2 Å². The summed E-state index contributed by atoms with van der Waals surface area (Å²) in [6.45, 7) is 2.21. The molecule has 0 spiro atoms. The van der Waals surface area contributed by atoms with Crippen LogP contribution in [0, 0.1) is 9.49 Å². The van der Waals surface area contributed by atoms with E-state index in [0.29, 0.717) is 5.56 Å². The first-order valence-electron chi connectivity index (χ1n) is 6.89. The van der Waals surface area contributed by atoms with Crippen molar-refractivity contribution in [1.82, 2.24) is 5.32 Å². The van der Waals surface area contributed by atoms with Crippen molar-refractivity contribution >= 4 is 28.5 Å². The number of halogens is 1. The summed E-state index contributed by atoms with van der Waals surface area (Å²) >= 11 is 2.14. The normalized spacial score (nSPS) is 23.1. The monoisotopic (exact) mass is 373 g/mol. The van der Waals surface area contributed by atoms with Crippen LogP contribution in [-0.4, -0.2) is 17.1 Å². The summed E-state index contributed by atoms with van der Waals surface area (Å²) in [5.41, 5.74) is 0.380. The first kappa shape index (κ1) is 14.6. The third-order valence-corrected chi connectivity index (χ3v) is 4.57. The van der Waals surface area contributed by atoms with Gasteiger partial charge in [0.15, 0.2) is 0 Å². The van der Waals surface area contributed by atoms with Gasteiger partial charge in [-0.25, -0.2) is 0 Å². The Kier molecular flexibility index (Phi) is 5.07. The van der Waals surface area contributed by atoms with Crippen LogP contribution < -0.4 is 5.32 Å². The number of phenolic OH excluding ortho intramolecular Hbond substituents is 1. The molecule has 1 saturated carbocycles. The third-order valence-electron chi connectivity index (χ3n) is 3.90. The molecule has 2 N–H and O–H groups in total. The number of amides is 1. The van der Waals surface area contributed by atoms with E-state index in [2.05, 4.69) is 34.8 Å². The van der Waals surface area contributed by atoms with Gasteiger partial charge in [-0.3, -0.25) is 4.79 Å². The number of phenols is 1. The van der Waals surface area contributed by atoms with Crippen molar-refractivity contribution in [3.63, 3.8) is 0 Å². The highest BCUT2D eigenvalue weighted by atomic mass is 127. The van der Waals surface area contributed by atoms with E-state index in [4.69, 9.17) is 0 Å². The van der Waals surface area contributed by atoms with Crippen molar-refractivity contribution in [2.45, 2.75) is 45.1 Å². The molecule has 2 rings (SSSR count). The Labute approximate surface area is 127 Å². The summed E-state index contributed by atoms with van der Waals surface area (Å²) < 4.78 is 0.954. The van der Waals surface area contributed by atoms with Gasteiger partial charge in [0.05, 0.1) is 5.56 Å². The number of hydrogen-bond donors (Lipinski definition) is 2. The molecule has 2 unspecified atom stereocenters. The van der Waals surface area contributed by atoms with Crippen LogP contribution >= 0.6 is 22.6 Å². The van der Waals surface area contributed by atoms with Crippen molar-refractivity contribution in [2.75, 3.05) is 0 Å². The highest BCUT2D eigenvalue weighted by molar-refractivity contribution is 14.1. The molecule has 1 aromatic carbocycles. The van der Waals surface area contributed by atoms with Crippen LogP contribution in [0.3, 0.4) is 0 Å². The van der Waals surface area contributed by atoms with Crippen LogP contribution in [0.25, 0.3) is 0 Å². The van der Waals surface area contributed by atoms with Crippen LogP contribution in [0.2, 0.25) is 0 Å². The van der Waals surface area contributed by atoms with Crippen LogP contribution in [0.1, 0.15) is 49.4 Å². The van der Waals surface area contributed by atoms with Crippen molar-refractivity contribution < 1.29 is 9.90 Å². The standard InChI is InChI=1S/C15H20INO2/c1-2-10-4-3-5-12(8-10)17-15(19)13-9-11(16)6-7-14(13)18/h6-7,9-10,12,18H,2-5,8H2,1H3,(H,17,19). The molecule has 1 aromatic rings. The number of carbonyl (C=O) groups excluding carboxylic acids is 1. The fraction of sp³-hybridized carbons (Fsp3) is 0.533. The van der Waals surface area contributed by atoms with E-state index in [-0.39, 0.29) is 17.7 Å². The van der Waals surface area contributed by atoms with Gasteiger partial charge in [-0.05, 0) is 59.5 Å². The molecule has 1 fully saturated rings. The summed E-state index contributed by atoms with van der Waals surface area (Å²) in [6, 6.07) is 5.35. The van der Waals surface area contributed by atoms with E-state index in [1.54, 1.807) is 18.2 Å². The van der Waals surface area contributed by atoms with Crippen LogP contribution in [-0.2, 0) is 0 Å². The predicted molar refractivity (Wildman–Crippen MR) is 84.3 cm³/mol. The predicted octanol–water partition coefficient (Wildman–Crippen LogP) is 3.70. The van der Waals surface area contributed by atoms with Crippen LogP contribution in [0.15, 0.2) is 18.2 Å². The van der Waals surface area contributed by atoms with E-state index >= 15 is 0 Å². The molecule has 1 aliphatic carbocycles. The average Bonchev–Trinajstić information content (AvgIpc) is 2.41. The molecule has 0 saturated heterocycles. The first-order chi connectivity index (χ1) is 9.10. The summed E-state index contributed by atoms with van der Waals surface area (Å²) in [5, 5.41) is 12.8. The lowest BCUT2D eigenvalue weighted by Crippen LogP contribution is -2.38. The maximum atomic E-state index is 12.2. The van der Waals surface area contributed by atoms with Gasteiger partial charge in [0.2, 0.25) is 0 Å². The summed E-state index contributed by atoms with van der Waals surface area (Å²) in [5.74, 6) is 0.627. The van der Waals surface area contributed by atoms with E-state index in [9.17, 15) is 9.90 Å².